The van der Waals surface area contributed by atoms with E-state index < -0.39 is 0 Å². The van der Waals surface area contributed by atoms with Crippen LogP contribution in [0.3, 0.4) is 0 Å². The molecule has 0 aliphatic carbocycles. The summed E-state index contributed by atoms with van der Waals surface area (Å²) in [5.74, 6) is 1.90. The summed E-state index contributed by atoms with van der Waals surface area (Å²) in [7, 11) is 0. The van der Waals surface area contributed by atoms with Crippen molar-refractivity contribution in [1.29, 1.82) is 0 Å². The summed E-state index contributed by atoms with van der Waals surface area (Å²) in [6.45, 7) is 4.01. The molecule has 9 heteroatoms. The normalized spacial score (nSPS) is 10.9. The fourth-order valence-electron chi connectivity index (χ4n) is 3.25. The summed E-state index contributed by atoms with van der Waals surface area (Å²) < 4.78 is 7.69. The molecule has 0 spiro atoms. The van der Waals surface area contributed by atoms with Crippen LogP contribution in [0.5, 0.6) is 5.75 Å². The summed E-state index contributed by atoms with van der Waals surface area (Å²) in [6, 6.07) is 14.6. The quantitative estimate of drug-likeness (QED) is 0.203. The number of hydrogen-bond acceptors (Lipinski definition) is 6. The lowest BCUT2D eigenvalue weighted by Crippen LogP contribution is -2.02. The maximum atomic E-state index is 11.9. The summed E-state index contributed by atoms with van der Waals surface area (Å²) in [5, 5.41) is 10.4. The van der Waals surface area contributed by atoms with Crippen LogP contribution < -0.4 is 4.74 Å². The monoisotopic (exact) mass is 498 g/mol. The highest BCUT2D eigenvalue weighted by Crippen LogP contribution is 2.34. The van der Waals surface area contributed by atoms with Crippen LogP contribution in [-0.4, -0.2) is 32.1 Å². The second-order valence-corrected chi connectivity index (χ2v) is 8.84. The lowest BCUT2D eigenvalue weighted by molar-refractivity contribution is 0.101. The number of benzene rings is 2. The van der Waals surface area contributed by atoms with Crippen LogP contribution in [0, 0.1) is 0 Å². The smallest absolute Gasteiger partial charge is 0.196 e. The minimum atomic E-state index is 0.00198. The molecule has 0 saturated carbocycles. The maximum absolute atomic E-state index is 11.9. The largest absolute Gasteiger partial charge is 0.494 e. The zero-order valence-corrected chi connectivity index (χ0v) is 20.3. The van der Waals surface area contributed by atoms with Crippen molar-refractivity contribution >= 4 is 40.7 Å². The van der Waals surface area contributed by atoms with E-state index in [1.165, 1.54) is 11.8 Å². The van der Waals surface area contributed by atoms with Gasteiger partial charge in [0.2, 0.25) is 0 Å². The first-order valence-electron chi connectivity index (χ1n) is 10.2. The molecule has 0 radical (unpaired) electrons. The Kier molecular flexibility index (Phi) is 7.33. The molecule has 0 amide bonds. The SMILES string of the molecule is CCOc1ccc(C(C)=O)cc1CSc1nnc(-c2cccnc2)n1-c1ccc(Cl)c(Cl)c1. The van der Waals surface area contributed by atoms with E-state index in [1.54, 1.807) is 37.5 Å². The molecule has 2 heterocycles. The second-order valence-electron chi connectivity index (χ2n) is 7.08. The number of halogens is 2. The molecule has 0 aliphatic heterocycles. The first-order chi connectivity index (χ1) is 16.0. The molecule has 4 aromatic rings. The fourth-order valence-corrected chi connectivity index (χ4v) is 4.47. The number of ether oxygens (including phenoxy) is 1. The Bertz CT molecular complexity index is 1300. The first kappa shape index (κ1) is 23.3. The lowest BCUT2D eigenvalue weighted by Gasteiger charge is -2.13. The van der Waals surface area contributed by atoms with Crippen molar-refractivity contribution in [3.05, 3.63) is 82.1 Å². The molecule has 0 unspecified atom stereocenters. The van der Waals surface area contributed by atoms with Gasteiger partial charge in [0.15, 0.2) is 16.8 Å². The van der Waals surface area contributed by atoms with Crippen molar-refractivity contribution in [3.8, 4) is 22.8 Å². The van der Waals surface area contributed by atoms with E-state index in [0.717, 1.165) is 22.6 Å². The lowest BCUT2D eigenvalue weighted by atomic mass is 10.1. The Hall–Kier alpha value is -2.87. The molecular formula is C24H20Cl2N4O2S. The third-order valence-corrected chi connectivity index (χ3v) is 6.55. The summed E-state index contributed by atoms with van der Waals surface area (Å²) in [5.41, 5.74) is 3.13. The average molecular weight is 499 g/mol. The van der Waals surface area contributed by atoms with Gasteiger partial charge in [0.25, 0.3) is 0 Å². The molecular weight excluding hydrogens is 479 g/mol. The minimum absolute atomic E-state index is 0.00198. The molecule has 33 heavy (non-hydrogen) atoms. The Morgan fingerprint density at radius 2 is 1.94 bits per heavy atom. The molecule has 168 valence electrons. The number of hydrogen-bond donors (Lipinski definition) is 0. The van der Waals surface area contributed by atoms with Crippen molar-refractivity contribution in [3.63, 3.8) is 0 Å². The minimum Gasteiger partial charge on any atom is -0.494 e. The summed E-state index contributed by atoms with van der Waals surface area (Å²) >= 11 is 13.9. The van der Waals surface area contributed by atoms with Gasteiger partial charge in [-0.25, -0.2) is 0 Å². The number of rotatable bonds is 8. The molecule has 0 aliphatic rings. The number of ketones is 1. The Morgan fingerprint density at radius 1 is 1.09 bits per heavy atom. The molecule has 4 rings (SSSR count). The van der Waals surface area contributed by atoms with Crippen molar-refractivity contribution in [2.24, 2.45) is 0 Å². The standard InChI is InChI=1S/C24H20Cl2N4O2S/c1-3-32-22-9-6-16(15(2)31)11-18(22)14-33-24-29-28-23(17-5-4-10-27-13-17)30(24)19-7-8-20(25)21(26)12-19/h4-13H,3,14H2,1-2H3. The highest BCUT2D eigenvalue weighted by atomic mass is 35.5. The third kappa shape index (κ3) is 5.21. The zero-order chi connectivity index (χ0) is 23.4. The van der Waals surface area contributed by atoms with Crippen molar-refractivity contribution in [1.82, 2.24) is 19.7 Å². The van der Waals surface area contributed by atoms with E-state index >= 15 is 0 Å². The van der Waals surface area contributed by atoms with Crippen molar-refractivity contribution in [2.75, 3.05) is 6.61 Å². The van der Waals surface area contributed by atoms with E-state index in [1.807, 2.05) is 41.8 Å². The molecule has 0 fully saturated rings. The van der Waals surface area contributed by atoms with Crippen LogP contribution in [0.1, 0.15) is 29.8 Å². The van der Waals surface area contributed by atoms with Gasteiger partial charge in [-0.1, -0.05) is 35.0 Å². The second kappa shape index (κ2) is 10.4. The van der Waals surface area contributed by atoms with Gasteiger partial charge in [0.1, 0.15) is 5.75 Å². The van der Waals surface area contributed by atoms with E-state index in [0.29, 0.717) is 38.9 Å². The number of carbonyl (C=O) groups excluding carboxylic acids is 1. The Balaban J connectivity index is 1.75. The van der Waals surface area contributed by atoms with E-state index in [-0.39, 0.29) is 5.78 Å². The number of nitrogens with zero attached hydrogens (tertiary/aromatic N) is 4. The van der Waals surface area contributed by atoms with Crippen LogP contribution >= 0.6 is 35.0 Å². The predicted octanol–water partition coefficient (Wildman–Crippen LogP) is 6.53. The fraction of sp³-hybridized carbons (Fsp3) is 0.167. The predicted molar refractivity (Wildman–Crippen MR) is 132 cm³/mol. The van der Waals surface area contributed by atoms with Crippen LogP contribution in [0.2, 0.25) is 10.0 Å². The molecule has 2 aromatic heterocycles. The van der Waals surface area contributed by atoms with Crippen molar-refractivity contribution < 1.29 is 9.53 Å². The Morgan fingerprint density at radius 3 is 2.64 bits per heavy atom. The zero-order valence-electron chi connectivity index (χ0n) is 18.0. The topological polar surface area (TPSA) is 69.9 Å². The van der Waals surface area contributed by atoms with Crippen LogP contribution in [0.15, 0.2) is 66.1 Å². The van der Waals surface area contributed by atoms with Gasteiger partial charge in [0, 0.05) is 34.8 Å². The highest BCUT2D eigenvalue weighted by molar-refractivity contribution is 7.98. The van der Waals surface area contributed by atoms with Crippen LogP contribution in [-0.2, 0) is 5.75 Å². The van der Waals surface area contributed by atoms with Gasteiger partial charge in [-0.3, -0.25) is 14.3 Å². The average Bonchev–Trinajstić information content (AvgIpc) is 3.25. The number of pyridine rings is 1. The Labute approximate surface area is 205 Å². The highest BCUT2D eigenvalue weighted by Gasteiger charge is 2.18. The van der Waals surface area contributed by atoms with Crippen LogP contribution in [0.4, 0.5) is 0 Å². The maximum Gasteiger partial charge on any atom is 0.196 e. The van der Waals surface area contributed by atoms with Gasteiger partial charge < -0.3 is 4.74 Å². The summed E-state index contributed by atoms with van der Waals surface area (Å²) in [6.07, 6.45) is 3.44. The summed E-state index contributed by atoms with van der Waals surface area (Å²) in [4.78, 5) is 16.1. The number of aromatic nitrogens is 4. The van der Waals surface area contributed by atoms with Gasteiger partial charge in [-0.15, -0.1) is 10.2 Å². The molecule has 6 nitrogen and oxygen atoms in total. The van der Waals surface area contributed by atoms with E-state index in [9.17, 15) is 4.79 Å². The molecule has 0 atom stereocenters. The number of thioether (sulfide) groups is 1. The molecule has 0 N–H and O–H groups in total. The first-order valence-corrected chi connectivity index (χ1v) is 11.9. The van der Waals surface area contributed by atoms with E-state index in [4.69, 9.17) is 27.9 Å². The van der Waals surface area contributed by atoms with Gasteiger partial charge in [-0.05, 0) is 62.4 Å². The molecule has 2 aromatic carbocycles. The number of carbonyl (C=O) groups is 1. The third-order valence-electron chi connectivity index (χ3n) is 4.84. The van der Waals surface area contributed by atoms with Crippen LogP contribution in [0.25, 0.3) is 17.1 Å². The van der Waals surface area contributed by atoms with Crippen molar-refractivity contribution in [2.45, 2.75) is 24.8 Å². The van der Waals surface area contributed by atoms with Gasteiger partial charge in [-0.2, -0.15) is 0 Å². The number of Topliss-reactive ketones (excluding diaryl/α,β-unsaturated/α-hetero) is 1. The van der Waals surface area contributed by atoms with Gasteiger partial charge >= 0.3 is 0 Å². The van der Waals surface area contributed by atoms with E-state index in [2.05, 4.69) is 15.2 Å². The molecule has 0 bridgehead atoms. The van der Waals surface area contributed by atoms with Gasteiger partial charge in [0.05, 0.1) is 22.3 Å². The molecule has 0 saturated heterocycles.